The van der Waals surface area contributed by atoms with Gasteiger partial charge in [0.1, 0.15) is 6.61 Å². The smallest absolute Gasteiger partial charge is 0.246 e. The molecule has 0 spiro atoms. The summed E-state index contributed by atoms with van der Waals surface area (Å²) in [5, 5.41) is 2.97. The molecule has 0 radical (unpaired) electrons. The van der Waals surface area contributed by atoms with E-state index in [1.165, 1.54) is 89.4 Å². The SMILES string of the molecule is CCC(C)OCC(=O)NCCCCCCCCCN1CCC(c2cnc(N3C4CCC3CN(CC)C4)nc2)CC1.[HH]. The molecule has 0 aliphatic carbocycles. The van der Waals surface area contributed by atoms with E-state index in [1.807, 2.05) is 6.92 Å². The molecule has 1 aromatic heterocycles. The highest BCUT2D eigenvalue weighted by Gasteiger charge is 2.40. The third-order valence-electron chi connectivity index (χ3n) is 9.50. The van der Waals surface area contributed by atoms with E-state index in [-0.39, 0.29) is 20.0 Å². The number of nitrogens with zero attached hydrogens (tertiary/aromatic N) is 5. The maximum absolute atomic E-state index is 11.7. The lowest BCUT2D eigenvalue weighted by Gasteiger charge is -2.40. The standard InChI is InChI=1S/C32H56N6O2.H2/c1-4-26(3)40-25-31(39)33-17-11-9-7-6-8-10-12-18-37-19-15-27(16-20-37)28-21-34-32(35-22-28)38-29-13-14-30(38)24-36(5-2)23-29;/h21-22,26-27,29-30H,4-20,23-25H2,1-3H3,(H,33,39);1H. The molecule has 3 aliphatic heterocycles. The van der Waals surface area contributed by atoms with Crippen molar-refractivity contribution >= 4 is 11.9 Å². The Kier molecular flexibility index (Phi) is 12.9. The molecule has 40 heavy (non-hydrogen) atoms. The maximum Gasteiger partial charge on any atom is 0.246 e. The normalized spacial score (nSPS) is 23.0. The molecule has 3 unspecified atom stereocenters. The van der Waals surface area contributed by atoms with Gasteiger partial charge in [0.05, 0.1) is 6.10 Å². The first-order valence-corrected chi connectivity index (χ1v) is 16.5. The van der Waals surface area contributed by atoms with E-state index >= 15 is 0 Å². The second-order valence-electron chi connectivity index (χ2n) is 12.4. The number of unbranched alkanes of at least 4 members (excludes halogenated alkanes) is 6. The molecule has 2 bridgehead atoms. The van der Waals surface area contributed by atoms with Crippen LogP contribution in [0.15, 0.2) is 12.4 Å². The van der Waals surface area contributed by atoms with Gasteiger partial charge >= 0.3 is 0 Å². The zero-order valence-electron chi connectivity index (χ0n) is 25.7. The highest BCUT2D eigenvalue weighted by molar-refractivity contribution is 5.77. The van der Waals surface area contributed by atoms with Gasteiger partial charge in [-0.15, -0.1) is 0 Å². The van der Waals surface area contributed by atoms with Gasteiger partial charge in [0.15, 0.2) is 0 Å². The van der Waals surface area contributed by atoms with Gasteiger partial charge in [0, 0.05) is 45.5 Å². The van der Waals surface area contributed by atoms with E-state index in [0.717, 1.165) is 45.0 Å². The summed E-state index contributed by atoms with van der Waals surface area (Å²) in [6, 6.07) is 1.18. The molecule has 1 amide bonds. The number of carbonyl (C=O) groups is 1. The summed E-state index contributed by atoms with van der Waals surface area (Å²) in [4.78, 5) is 29.3. The number of aromatic nitrogens is 2. The van der Waals surface area contributed by atoms with Crippen LogP contribution in [0.5, 0.6) is 0 Å². The van der Waals surface area contributed by atoms with Gasteiger partial charge in [-0.3, -0.25) is 9.69 Å². The number of rotatable bonds is 17. The topological polar surface area (TPSA) is 73.8 Å². The number of hydrogen-bond donors (Lipinski definition) is 1. The van der Waals surface area contributed by atoms with E-state index in [4.69, 9.17) is 14.7 Å². The van der Waals surface area contributed by atoms with Crippen molar-refractivity contribution in [2.45, 2.75) is 122 Å². The minimum absolute atomic E-state index is 0. The number of ether oxygens (including phenoxy) is 1. The van der Waals surface area contributed by atoms with Crippen molar-refractivity contribution in [2.75, 3.05) is 57.3 Å². The molecule has 3 aliphatic rings. The fraction of sp³-hybridized carbons (Fsp3) is 0.844. The van der Waals surface area contributed by atoms with E-state index in [1.54, 1.807) is 0 Å². The number of nitrogens with one attached hydrogen (secondary N) is 1. The van der Waals surface area contributed by atoms with Gasteiger partial charge in [0.2, 0.25) is 11.9 Å². The molecule has 4 heterocycles. The van der Waals surface area contributed by atoms with Crippen LogP contribution in [-0.4, -0.2) is 96.3 Å². The quantitative estimate of drug-likeness (QED) is 0.262. The molecule has 4 rings (SSSR count). The van der Waals surface area contributed by atoms with Crippen molar-refractivity contribution in [1.29, 1.82) is 0 Å². The van der Waals surface area contributed by atoms with Crippen LogP contribution in [0, 0.1) is 0 Å². The number of piperidine rings is 1. The van der Waals surface area contributed by atoms with E-state index in [0.29, 0.717) is 18.0 Å². The monoisotopic (exact) mass is 558 g/mol. The first-order chi connectivity index (χ1) is 19.6. The van der Waals surface area contributed by atoms with Gasteiger partial charge in [0.25, 0.3) is 0 Å². The third-order valence-corrected chi connectivity index (χ3v) is 9.50. The first kappa shape index (κ1) is 31.2. The van der Waals surface area contributed by atoms with E-state index < -0.39 is 0 Å². The summed E-state index contributed by atoms with van der Waals surface area (Å²) in [5.74, 6) is 1.58. The van der Waals surface area contributed by atoms with Crippen molar-refractivity contribution in [3.63, 3.8) is 0 Å². The van der Waals surface area contributed by atoms with E-state index in [9.17, 15) is 4.79 Å². The number of likely N-dealkylation sites (N-methyl/N-ethyl adjacent to an activating group) is 1. The second kappa shape index (κ2) is 16.6. The first-order valence-electron chi connectivity index (χ1n) is 16.5. The maximum atomic E-state index is 11.7. The van der Waals surface area contributed by atoms with Crippen LogP contribution in [0.1, 0.15) is 111 Å². The Labute approximate surface area is 245 Å². The molecule has 3 atom stereocenters. The predicted octanol–water partition coefficient (Wildman–Crippen LogP) is 5.24. The fourth-order valence-electron chi connectivity index (χ4n) is 6.70. The molecule has 228 valence electrons. The molecule has 1 N–H and O–H groups in total. The van der Waals surface area contributed by atoms with Crippen LogP contribution in [0.2, 0.25) is 0 Å². The van der Waals surface area contributed by atoms with Crippen LogP contribution < -0.4 is 10.2 Å². The molecule has 0 saturated carbocycles. The highest BCUT2D eigenvalue weighted by Crippen LogP contribution is 2.34. The highest BCUT2D eigenvalue weighted by atomic mass is 16.5. The van der Waals surface area contributed by atoms with Gasteiger partial charge in [-0.2, -0.15) is 0 Å². The Hall–Kier alpha value is -1.77. The summed E-state index contributed by atoms with van der Waals surface area (Å²) in [6.07, 6.45) is 19.2. The average Bonchev–Trinajstić information content (AvgIpc) is 3.26. The lowest BCUT2D eigenvalue weighted by Crippen LogP contribution is -2.54. The molecular formula is C32H58N6O2. The Balaban J connectivity index is 0.00000462. The summed E-state index contributed by atoms with van der Waals surface area (Å²) >= 11 is 0. The summed E-state index contributed by atoms with van der Waals surface area (Å²) < 4.78 is 5.47. The molecule has 3 saturated heterocycles. The zero-order chi connectivity index (χ0) is 28.2. The molecular weight excluding hydrogens is 500 g/mol. The van der Waals surface area contributed by atoms with Gasteiger partial charge in [-0.1, -0.05) is 46.0 Å². The van der Waals surface area contributed by atoms with Crippen molar-refractivity contribution < 1.29 is 11.0 Å². The Morgan fingerprint density at radius 3 is 2.20 bits per heavy atom. The minimum atomic E-state index is 0. The molecule has 8 nitrogen and oxygen atoms in total. The van der Waals surface area contributed by atoms with E-state index in [2.05, 4.69) is 46.3 Å². The fourth-order valence-corrected chi connectivity index (χ4v) is 6.70. The number of amides is 1. The van der Waals surface area contributed by atoms with Gasteiger partial charge in [-0.25, -0.2) is 9.97 Å². The largest absolute Gasteiger partial charge is 0.369 e. The lowest BCUT2D eigenvalue weighted by atomic mass is 9.91. The number of carbonyl (C=O) groups excluding carboxylic acids is 1. The van der Waals surface area contributed by atoms with Gasteiger partial charge < -0.3 is 19.9 Å². The molecule has 3 fully saturated rings. The van der Waals surface area contributed by atoms with Crippen molar-refractivity contribution in [3.05, 3.63) is 18.0 Å². The third kappa shape index (κ3) is 9.38. The number of likely N-dealkylation sites (tertiary alicyclic amines) is 2. The Morgan fingerprint density at radius 1 is 0.950 bits per heavy atom. The second-order valence-corrected chi connectivity index (χ2v) is 12.4. The Bertz CT molecular complexity index is 852. The summed E-state index contributed by atoms with van der Waals surface area (Å²) in [6.45, 7) is 14.4. The van der Waals surface area contributed by atoms with Crippen LogP contribution in [0.25, 0.3) is 0 Å². The number of piperazine rings is 1. The molecule has 0 aromatic carbocycles. The van der Waals surface area contributed by atoms with Gasteiger partial charge in [-0.05, 0) is 89.5 Å². The van der Waals surface area contributed by atoms with Crippen LogP contribution >= 0.6 is 0 Å². The summed E-state index contributed by atoms with van der Waals surface area (Å²) in [7, 11) is 0. The number of hydrogen-bond acceptors (Lipinski definition) is 7. The van der Waals surface area contributed by atoms with Crippen LogP contribution in [-0.2, 0) is 9.53 Å². The zero-order valence-corrected chi connectivity index (χ0v) is 25.7. The lowest BCUT2D eigenvalue weighted by molar-refractivity contribution is -0.127. The average molecular weight is 559 g/mol. The minimum Gasteiger partial charge on any atom is -0.369 e. The molecule has 8 heteroatoms. The molecule has 1 aromatic rings. The summed E-state index contributed by atoms with van der Waals surface area (Å²) in [5.41, 5.74) is 1.34. The number of fused-ring (bicyclic) bond motifs is 2. The van der Waals surface area contributed by atoms with Crippen LogP contribution in [0.4, 0.5) is 5.95 Å². The van der Waals surface area contributed by atoms with Crippen LogP contribution in [0.3, 0.4) is 0 Å². The van der Waals surface area contributed by atoms with Crippen molar-refractivity contribution in [2.24, 2.45) is 0 Å². The Morgan fingerprint density at radius 2 is 1.57 bits per heavy atom. The number of anilines is 1. The van der Waals surface area contributed by atoms with Crippen molar-refractivity contribution in [1.82, 2.24) is 25.1 Å². The van der Waals surface area contributed by atoms with Crippen molar-refractivity contribution in [3.8, 4) is 0 Å². The predicted molar refractivity (Wildman–Crippen MR) is 165 cm³/mol.